The maximum atomic E-state index is 13.2. The zero-order chi connectivity index (χ0) is 20.7. The Morgan fingerprint density at radius 3 is 2.41 bits per heavy atom. The number of aromatic nitrogens is 1. The Hall–Kier alpha value is -3.06. The number of hydrogen-bond donors (Lipinski definition) is 1. The summed E-state index contributed by atoms with van der Waals surface area (Å²) in [6, 6.07) is 11.7. The van der Waals surface area contributed by atoms with Gasteiger partial charge < -0.3 is 5.32 Å². The lowest BCUT2D eigenvalue weighted by molar-refractivity contribution is -0.121. The van der Waals surface area contributed by atoms with Crippen molar-refractivity contribution in [2.45, 2.75) is 33.2 Å². The Morgan fingerprint density at radius 1 is 1.14 bits per heavy atom. The number of hydrogen-bond acceptors (Lipinski definition) is 5. The van der Waals surface area contributed by atoms with Gasteiger partial charge in [0.1, 0.15) is 6.04 Å². The van der Waals surface area contributed by atoms with Crippen LogP contribution in [0.4, 0.5) is 5.13 Å². The van der Waals surface area contributed by atoms with E-state index in [9.17, 15) is 14.4 Å². The minimum absolute atomic E-state index is 0.200. The summed E-state index contributed by atoms with van der Waals surface area (Å²) in [6.45, 7) is 5.80. The maximum Gasteiger partial charge on any atom is 0.262 e. The van der Waals surface area contributed by atoms with Crippen molar-refractivity contribution in [3.63, 3.8) is 0 Å². The van der Waals surface area contributed by atoms with Crippen LogP contribution in [0.15, 0.2) is 42.5 Å². The van der Waals surface area contributed by atoms with Gasteiger partial charge in [0.05, 0.1) is 21.3 Å². The van der Waals surface area contributed by atoms with Gasteiger partial charge in [-0.15, -0.1) is 0 Å². The van der Waals surface area contributed by atoms with Crippen LogP contribution in [0.1, 0.15) is 46.5 Å². The van der Waals surface area contributed by atoms with Crippen molar-refractivity contribution in [3.05, 3.63) is 59.2 Å². The van der Waals surface area contributed by atoms with Gasteiger partial charge in [-0.3, -0.25) is 19.3 Å². The Labute approximate surface area is 172 Å². The molecule has 1 aromatic heterocycles. The second-order valence-electron chi connectivity index (χ2n) is 7.34. The molecule has 1 aliphatic rings. The van der Waals surface area contributed by atoms with Crippen molar-refractivity contribution in [2.75, 3.05) is 5.32 Å². The smallest absolute Gasteiger partial charge is 0.262 e. The summed E-state index contributed by atoms with van der Waals surface area (Å²) in [4.78, 5) is 44.6. The highest BCUT2D eigenvalue weighted by atomic mass is 32.1. The summed E-state index contributed by atoms with van der Waals surface area (Å²) in [5.41, 5.74) is 2.60. The number of benzene rings is 2. The molecule has 1 N–H and O–H groups in total. The summed E-state index contributed by atoms with van der Waals surface area (Å²) >= 11 is 1.38. The van der Waals surface area contributed by atoms with Crippen molar-refractivity contribution in [1.82, 2.24) is 9.88 Å². The highest BCUT2D eigenvalue weighted by Gasteiger charge is 2.44. The van der Waals surface area contributed by atoms with E-state index >= 15 is 0 Å². The molecule has 3 aromatic rings. The summed E-state index contributed by atoms with van der Waals surface area (Å²) in [5, 5.41) is 3.29. The van der Waals surface area contributed by atoms with Crippen LogP contribution in [0.2, 0.25) is 0 Å². The first-order valence-corrected chi connectivity index (χ1v) is 10.4. The molecule has 7 heteroatoms. The topological polar surface area (TPSA) is 79.4 Å². The molecule has 3 amide bonds. The van der Waals surface area contributed by atoms with E-state index in [0.29, 0.717) is 22.7 Å². The largest absolute Gasteiger partial charge is 0.300 e. The maximum absolute atomic E-state index is 13.2. The lowest BCUT2D eigenvalue weighted by atomic mass is 9.96. The molecule has 2 atom stereocenters. The van der Waals surface area contributed by atoms with E-state index in [4.69, 9.17) is 0 Å². The molecule has 2 heterocycles. The summed E-state index contributed by atoms with van der Waals surface area (Å²) in [6.07, 6.45) is 0.643. The van der Waals surface area contributed by atoms with Crippen LogP contribution in [-0.2, 0) is 4.79 Å². The first-order valence-electron chi connectivity index (χ1n) is 9.55. The van der Waals surface area contributed by atoms with E-state index in [1.807, 2.05) is 39.0 Å². The van der Waals surface area contributed by atoms with Gasteiger partial charge in [0.2, 0.25) is 5.91 Å². The van der Waals surface area contributed by atoms with E-state index in [2.05, 4.69) is 10.3 Å². The minimum Gasteiger partial charge on any atom is -0.300 e. The van der Waals surface area contributed by atoms with Gasteiger partial charge in [-0.1, -0.05) is 49.8 Å². The number of nitrogens with one attached hydrogen (secondary N) is 1. The molecule has 4 rings (SSSR count). The number of imide groups is 1. The number of rotatable bonds is 5. The van der Waals surface area contributed by atoms with Crippen LogP contribution in [0.25, 0.3) is 10.2 Å². The number of carbonyl (C=O) groups is 3. The third-order valence-electron chi connectivity index (χ3n) is 5.33. The molecule has 0 spiro atoms. The lowest BCUT2D eigenvalue weighted by Crippen LogP contribution is -2.50. The van der Waals surface area contributed by atoms with Gasteiger partial charge in [0.15, 0.2) is 5.13 Å². The van der Waals surface area contributed by atoms with Crippen LogP contribution in [-0.4, -0.2) is 33.6 Å². The molecule has 2 aromatic carbocycles. The fourth-order valence-electron chi connectivity index (χ4n) is 3.58. The predicted octanol–water partition coefficient (Wildman–Crippen LogP) is 4.25. The summed E-state index contributed by atoms with van der Waals surface area (Å²) in [7, 11) is 0. The van der Waals surface area contributed by atoms with Gasteiger partial charge >= 0.3 is 0 Å². The quantitative estimate of drug-likeness (QED) is 0.641. The second kappa shape index (κ2) is 7.40. The molecule has 0 saturated carbocycles. The zero-order valence-corrected chi connectivity index (χ0v) is 17.2. The Balaban J connectivity index is 1.65. The molecule has 1 aliphatic heterocycles. The summed E-state index contributed by atoms with van der Waals surface area (Å²) in [5.74, 6) is -1.45. The molecule has 2 unspecified atom stereocenters. The highest BCUT2D eigenvalue weighted by Crippen LogP contribution is 2.30. The number of anilines is 1. The molecule has 0 saturated heterocycles. The number of carbonyl (C=O) groups excluding carboxylic acids is 3. The fraction of sp³-hybridized carbons (Fsp3) is 0.273. The third kappa shape index (κ3) is 3.31. The fourth-order valence-corrected chi connectivity index (χ4v) is 4.55. The molecule has 0 aliphatic carbocycles. The first-order chi connectivity index (χ1) is 13.9. The number of fused-ring (bicyclic) bond motifs is 2. The van der Waals surface area contributed by atoms with E-state index in [-0.39, 0.29) is 5.92 Å². The summed E-state index contributed by atoms with van der Waals surface area (Å²) < 4.78 is 0.973. The van der Waals surface area contributed by atoms with E-state index in [0.717, 1.165) is 20.7 Å². The van der Waals surface area contributed by atoms with Crippen molar-refractivity contribution in [1.29, 1.82) is 0 Å². The van der Waals surface area contributed by atoms with Gasteiger partial charge in [0.25, 0.3) is 11.8 Å². The highest BCUT2D eigenvalue weighted by molar-refractivity contribution is 7.22. The van der Waals surface area contributed by atoms with Crippen LogP contribution < -0.4 is 5.32 Å². The van der Waals surface area contributed by atoms with Crippen LogP contribution in [0.5, 0.6) is 0 Å². The Kier molecular flexibility index (Phi) is 4.92. The average Bonchev–Trinajstić information content (AvgIpc) is 3.21. The molecular formula is C22H21N3O3S. The normalized spacial score (nSPS) is 15.5. The van der Waals surface area contributed by atoms with Crippen molar-refractivity contribution >= 4 is 44.4 Å². The van der Waals surface area contributed by atoms with E-state index in [1.165, 1.54) is 11.3 Å². The molecular weight excluding hydrogens is 386 g/mol. The van der Waals surface area contributed by atoms with Gasteiger partial charge in [-0.2, -0.15) is 0 Å². The van der Waals surface area contributed by atoms with Gasteiger partial charge in [-0.05, 0) is 42.7 Å². The monoisotopic (exact) mass is 407 g/mol. The van der Waals surface area contributed by atoms with Crippen LogP contribution in [0, 0.1) is 12.8 Å². The lowest BCUT2D eigenvalue weighted by Gasteiger charge is -2.29. The number of thiazole rings is 1. The molecule has 148 valence electrons. The van der Waals surface area contributed by atoms with Crippen molar-refractivity contribution in [3.8, 4) is 0 Å². The van der Waals surface area contributed by atoms with Gasteiger partial charge in [0, 0.05) is 0 Å². The Bertz CT molecular complexity index is 1100. The molecule has 29 heavy (non-hydrogen) atoms. The van der Waals surface area contributed by atoms with Crippen molar-refractivity contribution < 1.29 is 14.4 Å². The van der Waals surface area contributed by atoms with E-state index in [1.54, 1.807) is 24.3 Å². The van der Waals surface area contributed by atoms with Crippen LogP contribution >= 0.6 is 11.3 Å². The zero-order valence-electron chi connectivity index (χ0n) is 16.4. The molecule has 0 radical (unpaired) electrons. The van der Waals surface area contributed by atoms with Gasteiger partial charge in [-0.25, -0.2) is 4.98 Å². The molecule has 0 bridgehead atoms. The molecule has 0 fully saturated rings. The molecule has 6 nitrogen and oxygen atoms in total. The predicted molar refractivity (Wildman–Crippen MR) is 113 cm³/mol. The number of nitrogens with zero attached hydrogens (tertiary/aromatic N) is 2. The minimum atomic E-state index is -0.902. The number of aryl methyl sites for hydroxylation is 1. The first kappa shape index (κ1) is 19.3. The van der Waals surface area contributed by atoms with E-state index < -0.39 is 23.8 Å². The third-order valence-corrected chi connectivity index (χ3v) is 6.26. The second-order valence-corrected chi connectivity index (χ2v) is 8.37. The average molecular weight is 407 g/mol. The number of amides is 3. The van der Waals surface area contributed by atoms with Crippen molar-refractivity contribution in [2.24, 2.45) is 5.92 Å². The SMILES string of the molecule is CCC(C)C(C(=O)Nc1nc2ccc(C)cc2s1)N1C(=O)c2ccccc2C1=O. The standard InChI is InChI=1S/C22H21N3O3S/c1-4-13(3)18(25-20(27)14-7-5-6-8-15(14)21(25)28)19(26)24-22-23-16-10-9-12(2)11-17(16)29-22/h5-11,13,18H,4H2,1-3H3,(H,23,24,26). The Morgan fingerprint density at radius 2 is 1.79 bits per heavy atom. The van der Waals surface area contributed by atoms with Crippen LogP contribution in [0.3, 0.4) is 0 Å².